The second-order valence-corrected chi connectivity index (χ2v) is 10.3. The number of methoxy groups -OCH3 is 1. The van der Waals surface area contributed by atoms with Gasteiger partial charge in [-0.2, -0.15) is 0 Å². The topological polar surface area (TPSA) is 109 Å². The molecule has 3 aliphatic heterocycles. The third kappa shape index (κ3) is 4.81. The van der Waals surface area contributed by atoms with E-state index >= 15 is 0 Å². The summed E-state index contributed by atoms with van der Waals surface area (Å²) < 4.78 is 16.9. The van der Waals surface area contributed by atoms with E-state index < -0.39 is 17.7 Å². The van der Waals surface area contributed by atoms with Crippen LogP contribution in [0, 0.1) is 0 Å². The van der Waals surface area contributed by atoms with Crippen LogP contribution < -0.4 is 9.47 Å². The Morgan fingerprint density at radius 2 is 1.92 bits per heavy atom. The molecular weight excluding hydrogens is 544 g/mol. The maximum atomic E-state index is 13.4. The minimum Gasteiger partial charge on any atom is -0.507 e. The van der Waals surface area contributed by atoms with Gasteiger partial charge in [0.25, 0.3) is 11.7 Å². The molecule has 10 heteroatoms. The number of benzene rings is 2. The number of ketones is 1. The van der Waals surface area contributed by atoms with Gasteiger partial charge in [-0.05, 0) is 64.3 Å². The summed E-state index contributed by atoms with van der Waals surface area (Å²) in [6, 6.07) is 7.64. The van der Waals surface area contributed by atoms with Crippen molar-refractivity contribution in [3.63, 3.8) is 0 Å². The van der Waals surface area contributed by atoms with E-state index in [0.717, 1.165) is 24.4 Å². The molecule has 3 heterocycles. The number of Topliss-reactive ketones (excluding diaryl/α,β-unsaturated/α-hetero) is 1. The molecule has 0 bridgehead atoms. The average molecular weight is 573 g/mol. The highest BCUT2D eigenvalue weighted by molar-refractivity contribution is 9.10. The third-order valence-electron chi connectivity index (χ3n) is 7.06. The van der Waals surface area contributed by atoms with Crippen molar-refractivity contribution in [1.82, 2.24) is 9.80 Å². The molecule has 2 atom stereocenters. The van der Waals surface area contributed by atoms with Crippen molar-refractivity contribution in [2.75, 3.05) is 46.5 Å². The number of likely N-dealkylation sites (tertiary alicyclic amines) is 1. The predicted molar refractivity (Wildman–Crippen MR) is 139 cm³/mol. The van der Waals surface area contributed by atoms with Crippen molar-refractivity contribution >= 4 is 33.4 Å². The van der Waals surface area contributed by atoms with E-state index in [0.29, 0.717) is 41.8 Å². The minimum atomic E-state index is -0.865. The van der Waals surface area contributed by atoms with Gasteiger partial charge in [0.15, 0.2) is 11.5 Å². The van der Waals surface area contributed by atoms with Gasteiger partial charge in [-0.1, -0.05) is 0 Å². The summed E-state index contributed by atoms with van der Waals surface area (Å²) in [7, 11) is 1.42. The highest BCUT2D eigenvalue weighted by Crippen LogP contribution is 2.44. The lowest BCUT2D eigenvalue weighted by Gasteiger charge is -2.31. The fourth-order valence-corrected chi connectivity index (χ4v) is 5.62. The summed E-state index contributed by atoms with van der Waals surface area (Å²) in [4.78, 5) is 30.4. The highest BCUT2D eigenvalue weighted by atomic mass is 79.9. The molecule has 0 radical (unpaired) electrons. The Morgan fingerprint density at radius 1 is 1.16 bits per heavy atom. The van der Waals surface area contributed by atoms with Gasteiger partial charge in [0.05, 0.1) is 36.4 Å². The number of morpholine rings is 1. The molecule has 2 N–H and O–H groups in total. The molecule has 2 aromatic rings. The van der Waals surface area contributed by atoms with Crippen molar-refractivity contribution in [3.8, 4) is 17.2 Å². The van der Waals surface area contributed by atoms with Gasteiger partial charge in [0, 0.05) is 38.2 Å². The first-order valence-corrected chi connectivity index (χ1v) is 13.0. The lowest BCUT2D eigenvalue weighted by atomic mass is 9.94. The molecular formula is C27H29BrN2O7. The van der Waals surface area contributed by atoms with Crippen LogP contribution in [0.25, 0.3) is 5.76 Å². The third-order valence-corrected chi connectivity index (χ3v) is 7.66. The molecule has 0 aromatic heterocycles. The molecule has 0 spiro atoms. The number of carbonyl (C=O) groups is 2. The number of ether oxygens (including phenoxy) is 3. The van der Waals surface area contributed by atoms with E-state index in [1.807, 2.05) is 6.92 Å². The van der Waals surface area contributed by atoms with E-state index in [1.165, 1.54) is 12.0 Å². The number of amides is 1. The van der Waals surface area contributed by atoms with Crippen LogP contribution in [0.5, 0.6) is 17.2 Å². The Hall–Kier alpha value is -3.08. The molecule has 3 aliphatic rings. The normalized spacial score (nSPS) is 23.3. The number of halogens is 1. The average Bonchev–Trinajstić information content (AvgIpc) is 3.39. The van der Waals surface area contributed by atoms with E-state index in [4.69, 9.17) is 14.2 Å². The summed E-state index contributed by atoms with van der Waals surface area (Å²) >= 11 is 3.34. The van der Waals surface area contributed by atoms with Crippen molar-refractivity contribution in [2.24, 2.45) is 0 Å². The summed E-state index contributed by atoms with van der Waals surface area (Å²) in [6.45, 7) is 5.51. The van der Waals surface area contributed by atoms with Gasteiger partial charge in [0.2, 0.25) is 0 Å². The van der Waals surface area contributed by atoms with Gasteiger partial charge in [-0.25, -0.2) is 0 Å². The lowest BCUT2D eigenvalue weighted by molar-refractivity contribution is -0.140. The molecule has 0 saturated carbocycles. The SMILES string of the molecule is COc1cc([C@H]2/C(=C(\O)c3ccc4c(c3)C[C@@H](C)O4)C(=O)C(=O)N2CCN2CCOCC2)cc(Br)c1O. The number of nitrogens with zero attached hydrogens (tertiary/aromatic N) is 2. The Balaban J connectivity index is 1.59. The molecule has 2 aromatic carbocycles. The van der Waals surface area contributed by atoms with Crippen LogP contribution >= 0.6 is 15.9 Å². The zero-order valence-electron chi connectivity index (χ0n) is 20.7. The second kappa shape index (κ2) is 10.4. The van der Waals surface area contributed by atoms with Crippen LogP contribution in [0.4, 0.5) is 0 Å². The highest BCUT2D eigenvalue weighted by Gasteiger charge is 2.46. The number of phenols is 1. The number of hydrogen-bond acceptors (Lipinski definition) is 8. The maximum Gasteiger partial charge on any atom is 0.295 e. The summed E-state index contributed by atoms with van der Waals surface area (Å²) in [5.74, 6) is -0.837. The van der Waals surface area contributed by atoms with Gasteiger partial charge in [-0.3, -0.25) is 14.5 Å². The van der Waals surface area contributed by atoms with Crippen LogP contribution in [0.15, 0.2) is 40.4 Å². The molecule has 0 aliphatic carbocycles. The van der Waals surface area contributed by atoms with Crippen LogP contribution in [-0.2, 0) is 20.7 Å². The first kappa shape index (κ1) is 25.6. The largest absolute Gasteiger partial charge is 0.507 e. The predicted octanol–water partition coefficient (Wildman–Crippen LogP) is 3.24. The molecule has 2 saturated heterocycles. The number of carbonyl (C=O) groups excluding carboxylic acids is 2. The van der Waals surface area contributed by atoms with E-state index in [1.54, 1.807) is 30.3 Å². The first-order valence-electron chi connectivity index (χ1n) is 12.2. The van der Waals surface area contributed by atoms with Crippen molar-refractivity contribution in [2.45, 2.75) is 25.5 Å². The van der Waals surface area contributed by atoms with Crippen molar-refractivity contribution in [1.29, 1.82) is 0 Å². The van der Waals surface area contributed by atoms with Gasteiger partial charge in [-0.15, -0.1) is 0 Å². The molecule has 37 heavy (non-hydrogen) atoms. The number of aromatic hydroxyl groups is 1. The molecule has 196 valence electrons. The molecule has 2 fully saturated rings. The number of rotatable bonds is 6. The van der Waals surface area contributed by atoms with E-state index in [-0.39, 0.29) is 35.5 Å². The van der Waals surface area contributed by atoms with Crippen LogP contribution in [0.1, 0.15) is 29.7 Å². The molecule has 1 amide bonds. The minimum absolute atomic E-state index is 0.00136. The molecule has 0 unspecified atom stereocenters. The smallest absolute Gasteiger partial charge is 0.295 e. The van der Waals surface area contributed by atoms with Crippen molar-refractivity contribution < 1.29 is 34.0 Å². The van der Waals surface area contributed by atoms with Crippen LogP contribution in [-0.4, -0.2) is 84.3 Å². The summed E-state index contributed by atoms with van der Waals surface area (Å²) in [6.07, 6.45) is 0.718. The Morgan fingerprint density at radius 3 is 2.65 bits per heavy atom. The zero-order valence-corrected chi connectivity index (χ0v) is 22.3. The quantitative estimate of drug-likeness (QED) is 0.308. The van der Waals surface area contributed by atoms with E-state index in [9.17, 15) is 19.8 Å². The Kier molecular flexibility index (Phi) is 7.15. The number of aliphatic hydroxyl groups excluding tert-OH is 1. The summed E-state index contributed by atoms with van der Waals surface area (Å²) in [5, 5.41) is 21.8. The van der Waals surface area contributed by atoms with Gasteiger partial charge in [0.1, 0.15) is 17.6 Å². The first-order chi connectivity index (χ1) is 17.8. The number of fused-ring (bicyclic) bond motifs is 1. The van der Waals surface area contributed by atoms with Gasteiger partial charge >= 0.3 is 0 Å². The lowest BCUT2D eigenvalue weighted by Crippen LogP contribution is -2.42. The maximum absolute atomic E-state index is 13.4. The number of hydrogen-bond donors (Lipinski definition) is 2. The standard InChI is InChI=1S/C27H29BrN2O7/c1-15-11-17-12-16(3-4-20(17)37-15)24(31)22-23(18-13-19(28)25(32)21(14-18)35-2)30(27(34)26(22)33)6-5-29-7-9-36-10-8-29/h3-4,12-15,23,31-32H,5-11H2,1-2H3/b24-22+/t15-,23+/m1/s1. The molecule has 5 rings (SSSR count). The Labute approximate surface area is 223 Å². The van der Waals surface area contributed by atoms with Crippen LogP contribution in [0.2, 0.25) is 0 Å². The second-order valence-electron chi connectivity index (χ2n) is 9.46. The van der Waals surface area contributed by atoms with Crippen molar-refractivity contribution in [3.05, 3.63) is 57.1 Å². The number of aliphatic hydroxyl groups is 1. The molecule has 9 nitrogen and oxygen atoms in total. The fourth-order valence-electron chi connectivity index (χ4n) is 5.16. The summed E-state index contributed by atoms with van der Waals surface area (Å²) in [5.41, 5.74) is 1.90. The Bertz CT molecular complexity index is 1270. The van der Waals surface area contributed by atoms with Crippen LogP contribution in [0.3, 0.4) is 0 Å². The van der Waals surface area contributed by atoms with Gasteiger partial charge < -0.3 is 29.3 Å². The van der Waals surface area contributed by atoms with E-state index in [2.05, 4.69) is 20.8 Å². The fraction of sp³-hybridized carbons (Fsp3) is 0.407. The monoisotopic (exact) mass is 572 g/mol. The number of phenolic OH excluding ortho intramolecular Hbond substituents is 1. The zero-order chi connectivity index (χ0) is 26.3.